The molecule has 2 atom stereocenters. The third-order valence-electron chi connectivity index (χ3n) is 4.40. The van der Waals surface area contributed by atoms with Gasteiger partial charge in [0.2, 0.25) is 0 Å². The summed E-state index contributed by atoms with van der Waals surface area (Å²) in [4.78, 5) is 14.2. The van der Waals surface area contributed by atoms with Crippen LogP contribution in [0.1, 0.15) is 35.8 Å². The maximum absolute atomic E-state index is 13.5. The highest BCUT2D eigenvalue weighted by Gasteiger charge is 2.18. The van der Waals surface area contributed by atoms with E-state index in [2.05, 4.69) is 15.7 Å². The number of amides is 2. The Morgan fingerprint density at radius 3 is 2.68 bits per heavy atom. The molecule has 0 aliphatic carbocycles. The average Bonchev–Trinajstić information content (AvgIpc) is 2.87. The van der Waals surface area contributed by atoms with E-state index in [0.717, 1.165) is 16.8 Å². The minimum absolute atomic E-state index is 0.114. The van der Waals surface area contributed by atoms with Crippen LogP contribution in [0.15, 0.2) is 30.5 Å². The zero-order chi connectivity index (χ0) is 18.6. The summed E-state index contributed by atoms with van der Waals surface area (Å²) < 4.78 is 15.2. The van der Waals surface area contributed by atoms with E-state index in [4.69, 9.17) is 0 Å². The molecule has 2 aromatic rings. The van der Waals surface area contributed by atoms with E-state index in [1.165, 1.54) is 12.1 Å². The highest BCUT2D eigenvalue weighted by molar-refractivity contribution is 5.74. The second kappa shape index (κ2) is 8.11. The van der Waals surface area contributed by atoms with E-state index in [1.54, 1.807) is 16.9 Å². The van der Waals surface area contributed by atoms with Gasteiger partial charge in [-0.3, -0.25) is 4.68 Å². The fraction of sp³-hybridized carbons (Fsp3) is 0.444. The van der Waals surface area contributed by atoms with Crippen molar-refractivity contribution in [1.82, 2.24) is 25.3 Å². The summed E-state index contributed by atoms with van der Waals surface area (Å²) >= 11 is 0. The van der Waals surface area contributed by atoms with Crippen molar-refractivity contribution in [2.24, 2.45) is 7.05 Å². The molecule has 0 aliphatic heterocycles. The van der Waals surface area contributed by atoms with Gasteiger partial charge >= 0.3 is 6.03 Å². The maximum atomic E-state index is 13.5. The van der Waals surface area contributed by atoms with Gasteiger partial charge in [0.15, 0.2) is 0 Å². The van der Waals surface area contributed by atoms with Gasteiger partial charge in [0, 0.05) is 24.8 Å². The lowest BCUT2D eigenvalue weighted by Crippen LogP contribution is -2.41. The molecule has 2 N–H and O–H groups in total. The van der Waals surface area contributed by atoms with E-state index in [0.29, 0.717) is 6.54 Å². The highest BCUT2D eigenvalue weighted by atomic mass is 19.1. The van der Waals surface area contributed by atoms with Crippen LogP contribution in [0.3, 0.4) is 0 Å². The van der Waals surface area contributed by atoms with Crippen LogP contribution < -0.4 is 10.6 Å². The normalized spacial score (nSPS) is 13.6. The van der Waals surface area contributed by atoms with Crippen molar-refractivity contribution in [3.63, 3.8) is 0 Å². The predicted molar refractivity (Wildman–Crippen MR) is 95.7 cm³/mol. The second-order valence-corrected chi connectivity index (χ2v) is 6.42. The van der Waals surface area contributed by atoms with Crippen LogP contribution in [0.25, 0.3) is 0 Å². The Labute approximate surface area is 148 Å². The van der Waals surface area contributed by atoms with E-state index in [-0.39, 0.29) is 23.9 Å². The molecule has 0 aliphatic rings. The zero-order valence-electron chi connectivity index (χ0n) is 15.4. The van der Waals surface area contributed by atoms with Gasteiger partial charge in [0.25, 0.3) is 0 Å². The zero-order valence-corrected chi connectivity index (χ0v) is 15.4. The summed E-state index contributed by atoms with van der Waals surface area (Å²) in [5, 5.41) is 9.97. The molecule has 1 heterocycles. The molecule has 0 bridgehead atoms. The van der Waals surface area contributed by atoms with Crippen molar-refractivity contribution in [1.29, 1.82) is 0 Å². The number of likely N-dealkylation sites (N-methyl/N-ethyl adjacent to an activating group) is 1. The number of aryl methyl sites for hydroxylation is 1. The molecular formula is C18H26FN5O. The summed E-state index contributed by atoms with van der Waals surface area (Å²) in [5.74, 6) is -0.283. The monoisotopic (exact) mass is 347 g/mol. The fourth-order valence-corrected chi connectivity index (χ4v) is 2.77. The van der Waals surface area contributed by atoms with Crippen molar-refractivity contribution in [2.75, 3.05) is 20.6 Å². The van der Waals surface area contributed by atoms with Crippen LogP contribution in [0.4, 0.5) is 9.18 Å². The van der Waals surface area contributed by atoms with Crippen LogP contribution in [0, 0.1) is 12.7 Å². The third-order valence-corrected chi connectivity index (χ3v) is 4.40. The first-order valence-electron chi connectivity index (χ1n) is 8.24. The Hall–Kier alpha value is -2.41. The first kappa shape index (κ1) is 18.9. The first-order chi connectivity index (χ1) is 11.8. The third kappa shape index (κ3) is 4.79. The van der Waals surface area contributed by atoms with Gasteiger partial charge in [-0.25, -0.2) is 9.18 Å². The number of nitrogens with zero attached hydrogens (tertiary/aromatic N) is 3. The molecule has 0 spiro atoms. The number of urea groups is 1. The van der Waals surface area contributed by atoms with Crippen molar-refractivity contribution in [2.45, 2.75) is 25.9 Å². The van der Waals surface area contributed by atoms with Crippen LogP contribution >= 0.6 is 0 Å². The van der Waals surface area contributed by atoms with Gasteiger partial charge in [-0.05, 0) is 45.6 Å². The molecule has 0 saturated heterocycles. The molecule has 7 heteroatoms. The van der Waals surface area contributed by atoms with Crippen LogP contribution in [0.2, 0.25) is 0 Å². The van der Waals surface area contributed by atoms with Crippen molar-refractivity contribution < 1.29 is 9.18 Å². The summed E-state index contributed by atoms with van der Waals surface area (Å²) in [6, 6.07) is 5.90. The first-order valence-corrected chi connectivity index (χ1v) is 8.24. The SMILES string of the molecule is Cc1c([C@H](C)NC(=O)NC[C@H](c2cccc(F)c2)N(C)C)cnn1C. The summed E-state index contributed by atoms with van der Waals surface area (Å²) in [6.45, 7) is 4.26. The van der Waals surface area contributed by atoms with Crippen LogP contribution in [-0.4, -0.2) is 41.4 Å². The predicted octanol–water partition coefficient (Wildman–Crippen LogP) is 2.53. The summed E-state index contributed by atoms with van der Waals surface area (Å²) in [7, 11) is 5.67. The maximum Gasteiger partial charge on any atom is 0.315 e. The molecule has 0 saturated carbocycles. The molecule has 0 fully saturated rings. The molecule has 2 rings (SSSR count). The number of hydrogen-bond donors (Lipinski definition) is 2. The molecule has 1 aromatic carbocycles. The minimum Gasteiger partial charge on any atom is -0.336 e. The average molecular weight is 347 g/mol. The molecule has 136 valence electrons. The van der Waals surface area contributed by atoms with E-state index in [1.807, 2.05) is 46.0 Å². The topological polar surface area (TPSA) is 62.2 Å². The molecule has 1 aromatic heterocycles. The van der Waals surface area contributed by atoms with Gasteiger partial charge in [-0.1, -0.05) is 12.1 Å². The van der Waals surface area contributed by atoms with E-state index < -0.39 is 0 Å². The lowest BCUT2D eigenvalue weighted by Gasteiger charge is -2.25. The lowest BCUT2D eigenvalue weighted by molar-refractivity contribution is 0.230. The fourth-order valence-electron chi connectivity index (χ4n) is 2.77. The van der Waals surface area contributed by atoms with Crippen molar-refractivity contribution in [3.05, 3.63) is 53.1 Å². The Balaban J connectivity index is 1.96. The number of aromatic nitrogens is 2. The number of carbonyl (C=O) groups excluding carboxylic acids is 1. The quantitative estimate of drug-likeness (QED) is 0.844. The molecule has 2 amide bonds. The number of benzene rings is 1. The molecule has 0 radical (unpaired) electrons. The lowest BCUT2D eigenvalue weighted by atomic mass is 10.1. The second-order valence-electron chi connectivity index (χ2n) is 6.42. The Morgan fingerprint density at radius 2 is 2.12 bits per heavy atom. The Morgan fingerprint density at radius 1 is 1.40 bits per heavy atom. The van der Waals surface area contributed by atoms with Crippen molar-refractivity contribution in [3.8, 4) is 0 Å². The molecule has 0 unspecified atom stereocenters. The van der Waals surface area contributed by atoms with Gasteiger partial charge in [0.05, 0.1) is 18.3 Å². The Bertz CT molecular complexity index is 728. The number of nitrogens with one attached hydrogen (secondary N) is 2. The highest BCUT2D eigenvalue weighted by Crippen LogP contribution is 2.19. The molecular weight excluding hydrogens is 321 g/mol. The van der Waals surface area contributed by atoms with Gasteiger partial charge in [0.1, 0.15) is 5.82 Å². The van der Waals surface area contributed by atoms with Crippen LogP contribution in [0.5, 0.6) is 0 Å². The number of rotatable bonds is 6. The van der Waals surface area contributed by atoms with Crippen LogP contribution in [-0.2, 0) is 7.05 Å². The standard InChI is InChI=1S/C18H26FN5O/c1-12(16-10-21-24(5)13(16)2)22-18(25)20-11-17(23(3)4)14-7-6-8-15(19)9-14/h6-10,12,17H,11H2,1-5H3,(H2,20,22,25)/t12-,17+/m0/s1. The van der Waals surface area contributed by atoms with E-state index in [9.17, 15) is 9.18 Å². The van der Waals surface area contributed by atoms with E-state index >= 15 is 0 Å². The Kier molecular flexibility index (Phi) is 6.14. The summed E-state index contributed by atoms with van der Waals surface area (Å²) in [5.41, 5.74) is 2.81. The number of hydrogen-bond acceptors (Lipinski definition) is 3. The largest absolute Gasteiger partial charge is 0.336 e. The molecule has 6 nitrogen and oxygen atoms in total. The molecule has 25 heavy (non-hydrogen) atoms. The minimum atomic E-state index is -0.283. The number of carbonyl (C=O) groups is 1. The smallest absolute Gasteiger partial charge is 0.315 e. The summed E-state index contributed by atoms with van der Waals surface area (Å²) in [6.07, 6.45) is 1.76. The van der Waals surface area contributed by atoms with Gasteiger partial charge < -0.3 is 15.5 Å². The van der Waals surface area contributed by atoms with Gasteiger partial charge in [-0.2, -0.15) is 5.10 Å². The number of halogens is 1. The van der Waals surface area contributed by atoms with Crippen molar-refractivity contribution >= 4 is 6.03 Å². The van der Waals surface area contributed by atoms with Gasteiger partial charge in [-0.15, -0.1) is 0 Å².